The summed E-state index contributed by atoms with van der Waals surface area (Å²) in [6.07, 6.45) is 4.75. The SMILES string of the molecule is C[C@@]12[C@@H](C[C@H](O)C[C@H]1O)C[C@H](O)[C@@H]1[C@@H]2CC[C@]2(C)C([C@H](O)CCCC(=O)O)CC[C@@H]12. The average molecular weight is 425 g/mol. The van der Waals surface area contributed by atoms with Crippen LogP contribution in [-0.2, 0) is 4.79 Å². The Kier molecular flexibility index (Phi) is 6.02. The molecule has 4 rings (SSSR count). The second-order valence-corrected chi connectivity index (χ2v) is 11.4. The lowest BCUT2D eigenvalue weighted by molar-refractivity contribution is -0.213. The molecule has 0 aromatic heterocycles. The number of carboxylic acid groups (broad SMARTS) is 1. The average Bonchev–Trinajstić information content (AvgIpc) is 3.01. The summed E-state index contributed by atoms with van der Waals surface area (Å²) in [5, 5.41) is 52.3. The fraction of sp³-hybridized carbons (Fsp3) is 0.958. The second-order valence-electron chi connectivity index (χ2n) is 11.4. The van der Waals surface area contributed by atoms with Gasteiger partial charge in [-0.3, -0.25) is 4.79 Å². The Bertz CT molecular complexity index is 654. The number of carboxylic acids is 1. The molecule has 6 nitrogen and oxygen atoms in total. The molecule has 0 spiro atoms. The summed E-state index contributed by atoms with van der Waals surface area (Å²) in [7, 11) is 0. The van der Waals surface area contributed by atoms with E-state index < -0.39 is 30.4 Å². The third-order valence-corrected chi connectivity index (χ3v) is 10.2. The van der Waals surface area contributed by atoms with E-state index in [4.69, 9.17) is 5.11 Å². The lowest BCUT2D eigenvalue weighted by Gasteiger charge is -2.63. The molecule has 11 atom stereocenters. The molecule has 0 aromatic carbocycles. The van der Waals surface area contributed by atoms with Gasteiger partial charge in [-0.15, -0.1) is 0 Å². The van der Waals surface area contributed by atoms with Crippen LogP contribution in [0.4, 0.5) is 0 Å². The zero-order valence-corrected chi connectivity index (χ0v) is 18.4. The number of aliphatic carboxylic acids is 1. The fourth-order valence-electron chi connectivity index (χ4n) is 8.60. The van der Waals surface area contributed by atoms with Gasteiger partial charge >= 0.3 is 5.97 Å². The van der Waals surface area contributed by atoms with Crippen molar-refractivity contribution < 1.29 is 30.3 Å². The van der Waals surface area contributed by atoms with Gasteiger partial charge < -0.3 is 25.5 Å². The van der Waals surface area contributed by atoms with Crippen molar-refractivity contribution in [3.05, 3.63) is 0 Å². The summed E-state index contributed by atoms with van der Waals surface area (Å²) < 4.78 is 0. The van der Waals surface area contributed by atoms with Crippen molar-refractivity contribution in [3.8, 4) is 0 Å². The van der Waals surface area contributed by atoms with Gasteiger partial charge in [0.25, 0.3) is 0 Å². The van der Waals surface area contributed by atoms with Crippen LogP contribution in [-0.4, -0.2) is 55.9 Å². The summed E-state index contributed by atoms with van der Waals surface area (Å²) >= 11 is 0. The standard InChI is InChI=1S/C24H40O6/c1-23-9-8-17-22(16(23)7-6-15(23)18(26)4-3-5-21(29)30)19(27)11-13-10-14(25)12-20(28)24(13,17)2/h13-20,22,25-28H,3-12H2,1-2H3,(H,29,30)/t13-,14-,15?,16-,17-,18+,19-,20+,22-,23+,24-/m0/s1. The molecule has 4 fully saturated rings. The van der Waals surface area contributed by atoms with Crippen LogP contribution >= 0.6 is 0 Å². The minimum atomic E-state index is -0.817. The van der Waals surface area contributed by atoms with Gasteiger partial charge in [0.05, 0.1) is 24.4 Å². The fourth-order valence-corrected chi connectivity index (χ4v) is 8.60. The van der Waals surface area contributed by atoms with Gasteiger partial charge in [-0.05, 0) is 98.2 Å². The lowest BCUT2D eigenvalue weighted by Crippen LogP contribution is -2.63. The van der Waals surface area contributed by atoms with E-state index in [0.717, 1.165) is 25.7 Å². The third kappa shape index (κ3) is 3.42. The van der Waals surface area contributed by atoms with Crippen molar-refractivity contribution in [2.45, 2.75) is 102 Å². The number of carbonyl (C=O) groups is 1. The molecule has 0 aromatic rings. The van der Waals surface area contributed by atoms with Crippen molar-refractivity contribution in [2.24, 2.45) is 40.4 Å². The van der Waals surface area contributed by atoms with Gasteiger partial charge in [0.1, 0.15) is 0 Å². The van der Waals surface area contributed by atoms with Crippen LogP contribution in [0.3, 0.4) is 0 Å². The molecule has 0 amide bonds. The molecule has 30 heavy (non-hydrogen) atoms. The number of hydrogen-bond donors (Lipinski definition) is 5. The van der Waals surface area contributed by atoms with Crippen LogP contribution in [0, 0.1) is 40.4 Å². The molecule has 0 aliphatic heterocycles. The highest BCUT2D eigenvalue weighted by atomic mass is 16.4. The topological polar surface area (TPSA) is 118 Å². The summed E-state index contributed by atoms with van der Waals surface area (Å²) in [5.74, 6) is 0.175. The normalized spacial score (nSPS) is 51.5. The molecule has 5 N–H and O–H groups in total. The molecular weight excluding hydrogens is 384 g/mol. The Morgan fingerprint density at radius 3 is 2.47 bits per heavy atom. The molecule has 4 saturated carbocycles. The van der Waals surface area contributed by atoms with Crippen molar-refractivity contribution in [3.63, 3.8) is 0 Å². The number of rotatable bonds is 5. The van der Waals surface area contributed by atoms with E-state index in [9.17, 15) is 25.2 Å². The summed E-state index contributed by atoms with van der Waals surface area (Å²) in [6.45, 7) is 4.46. The zero-order chi connectivity index (χ0) is 21.8. The van der Waals surface area contributed by atoms with Crippen LogP contribution in [0.25, 0.3) is 0 Å². The molecule has 1 unspecified atom stereocenters. The summed E-state index contributed by atoms with van der Waals surface area (Å²) in [5.41, 5.74) is -0.310. The van der Waals surface area contributed by atoms with E-state index in [1.807, 2.05) is 0 Å². The molecule has 4 aliphatic carbocycles. The van der Waals surface area contributed by atoms with Crippen molar-refractivity contribution in [2.75, 3.05) is 0 Å². The first-order valence-electron chi connectivity index (χ1n) is 12.0. The summed E-state index contributed by atoms with van der Waals surface area (Å²) in [6, 6.07) is 0. The maximum atomic E-state index is 11.2. The molecule has 4 aliphatic rings. The van der Waals surface area contributed by atoms with Crippen LogP contribution in [0.1, 0.15) is 78.1 Å². The number of hydrogen-bond acceptors (Lipinski definition) is 5. The third-order valence-electron chi connectivity index (χ3n) is 10.2. The van der Waals surface area contributed by atoms with Gasteiger partial charge in [-0.1, -0.05) is 13.8 Å². The number of aliphatic hydroxyl groups is 4. The predicted molar refractivity (Wildman–Crippen MR) is 111 cm³/mol. The predicted octanol–water partition coefficient (Wildman–Crippen LogP) is 2.56. The van der Waals surface area contributed by atoms with E-state index in [0.29, 0.717) is 38.0 Å². The number of fused-ring (bicyclic) bond motifs is 5. The smallest absolute Gasteiger partial charge is 0.303 e. The Balaban J connectivity index is 1.54. The van der Waals surface area contributed by atoms with Crippen molar-refractivity contribution >= 4 is 5.97 Å². The van der Waals surface area contributed by atoms with Gasteiger partial charge in [-0.2, -0.15) is 0 Å². The zero-order valence-electron chi connectivity index (χ0n) is 18.4. The van der Waals surface area contributed by atoms with Crippen LogP contribution in [0.15, 0.2) is 0 Å². The Morgan fingerprint density at radius 1 is 1.03 bits per heavy atom. The van der Waals surface area contributed by atoms with Crippen molar-refractivity contribution in [1.82, 2.24) is 0 Å². The van der Waals surface area contributed by atoms with Gasteiger partial charge in [0, 0.05) is 6.42 Å². The number of aliphatic hydroxyl groups excluding tert-OH is 4. The molecule has 0 radical (unpaired) electrons. The Labute approximate surface area is 179 Å². The highest BCUT2D eigenvalue weighted by Gasteiger charge is 2.64. The highest BCUT2D eigenvalue weighted by molar-refractivity contribution is 5.66. The maximum absolute atomic E-state index is 11.2. The largest absolute Gasteiger partial charge is 0.481 e. The van der Waals surface area contributed by atoms with Gasteiger partial charge in [-0.25, -0.2) is 0 Å². The van der Waals surface area contributed by atoms with Crippen LogP contribution < -0.4 is 0 Å². The molecular formula is C24H40O6. The van der Waals surface area contributed by atoms with E-state index in [-0.39, 0.29) is 40.9 Å². The van der Waals surface area contributed by atoms with Crippen LogP contribution in [0.2, 0.25) is 0 Å². The van der Waals surface area contributed by atoms with Crippen LogP contribution in [0.5, 0.6) is 0 Å². The lowest BCUT2D eigenvalue weighted by atomic mass is 9.43. The van der Waals surface area contributed by atoms with E-state index >= 15 is 0 Å². The first-order valence-corrected chi connectivity index (χ1v) is 12.0. The molecule has 6 heteroatoms. The van der Waals surface area contributed by atoms with Crippen molar-refractivity contribution in [1.29, 1.82) is 0 Å². The molecule has 0 heterocycles. The van der Waals surface area contributed by atoms with E-state index in [2.05, 4.69) is 13.8 Å². The van der Waals surface area contributed by atoms with Gasteiger partial charge in [0.2, 0.25) is 0 Å². The minimum absolute atomic E-state index is 0.0485. The summed E-state index contributed by atoms with van der Waals surface area (Å²) in [4.78, 5) is 10.8. The molecule has 0 saturated heterocycles. The monoisotopic (exact) mass is 424 g/mol. The first kappa shape index (κ1) is 22.5. The van der Waals surface area contributed by atoms with E-state index in [1.165, 1.54) is 0 Å². The molecule has 172 valence electrons. The quantitative estimate of drug-likeness (QED) is 0.463. The maximum Gasteiger partial charge on any atom is 0.303 e. The first-order chi connectivity index (χ1) is 14.1. The molecule has 0 bridgehead atoms. The Hall–Kier alpha value is -0.690. The second kappa shape index (κ2) is 8.02. The van der Waals surface area contributed by atoms with E-state index in [1.54, 1.807) is 0 Å². The Morgan fingerprint density at radius 2 is 1.77 bits per heavy atom. The minimum Gasteiger partial charge on any atom is -0.481 e. The van der Waals surface area contributed by atoms with Gasteiger partial charge in [0.15, 0.2) is 0 Å². The highest BCUT2D eigenvalue weighted by Crippen LogP contribution is 2.67.